The van der Waals surface area contributed by atoms with Crippen LogP contribution in [0.1, 0.15) is 40.4 Å². The van der Waals surface area contributed by atoms with Crippen LogP contribution in [0.3, 0.4) is 0 Å². The third-order valence-corrected chi connectivity index (χ3v) is 7.09. The molecule has 1 aliphatic heterocycles. The van der Waals surface area contributed by atoms with Crippen LogP contribution in [0.2, 0.25) is 5.02 Å². The molecule has 9 nitrogen and oxygen atoms in total. The van der Waals surface area contributed by atoms with Gasteiger partial charge >= 0.3 is 0 Å². The zero-order valence-corrected chi connectivity index (χ0v) is 22.5. The zero-order valence-electron chi connectivity index (χ0n) is 20.1. The van der Waals surface area contributed by atoms with Gasteiger partial charge in [-0.2, -0.15) is 10.2 Å². The van der Waals surface area contributed by atoms with Crippen LogP contribution in [-0.2, 0) is 18.3 Å². The van der Waals surface area contributed by atoms with Crippen molar-refractivity contribution < 1.29 is 9.59 Å². The second-order valence-corrected chi connectivity index (χ2v) is 10.2. The van der Waals surface area contributed by atoms with Crippen molar-refractivity contribution in [2.45, 2.75) is 25.2 Å². The highest BCUT2D eigenvalue weighted by Crippen LogP contribution is 2.30. The third kappa shape index (κ3) is 5.75. The number of hydrogen-bond donors (Lipinski definition) is 1. The van der Waals surface area contributed by atoms with E-state index >= 15 is 0 Å². The predicted octanol–water partition coefficient (Wildman–Crippen LogP) is 4.62. The molecule has 2 amide bonds. The molecule has 1 fully saturated rings. The van der Waals surface area contributed by atoms with Gasteiger partial charge in [0.25, 0.3) is 5.91 Å². The second kappa shape index (κ2) is 10.9. The fourth-order valence-corrected chi connectivity index (χ4v) is 5.15. The van der Waals surface area contributed by atoms with Crippen LogP contribution in [0.15, 0.2) is 65.7 Å². The summed E-state index contributed by atoms with van der Waals surface area (Å²) in [5, 5.41) is 11.8. The monoisotopic (exact) mass is 581 g/mol. The van der Waals surface area contributed by atoms with E-state index < -0.39 is 0 Å². The van der Waals surface area contributed by atoms with Crippen molar-refractivity contribution >= 4 is 45.0 Å². The van der Waals surface area contributed by atoms with Gasteiger partial charge in [-0.3, -0.25) is 14.3 Å². The minimum absolute atomic E-state index is 0.0783. The van der Waals surface area contributed by atoms with Gasteiger partial charge in [-0.05, 0) is 70.1 Å². The van der Waals surface area contributed by atoms with Crippen LogP contribution in [0, 0.1) is 0 Å². The van der Waals surface area contributed by atoms with E-state index in [0.717, 1.165) is 24.1 Å². The minimum Gasteiger partial charge on any atom is -0.337 e. The van der Waals surface area contributed by atoms with E-state index in [1.807, 2.05) is 30.3 Å². The average molecular weight is 583 g/mol. The maximum Gasteiger partial charge on any atom is 0.272 e. The number of piperidine rings is 1. The van der Waals surface area contributed by atoms with E-state index in [0.29, 0.717) is 40.1 Å². The van der Waals surface area contributed by atoms with Gasteiger partial charge in [0.1, 0.15) is 10.3 Å². The highest BCUT2D eigenvalue weighted by Gasteiger charge is 2.28. The van der Waals surface area contributed by atoms with Gasteiger partial charge < -0.3 is 10.2 Å². The lowest BCUT2D eigenvalue weighted by molar-refractivity contribution is -0.115. The van der Waals surface area contributed by atoms with E-state index in [9.17, 15) is 9.59 Å². The molecule has 1 aromatic carbocycles. The number of pyridine rings is 1. The van der Waals surface area contributed by atoms with Crippen LogP contribution in [-0.4, -0.2) is 54.3 Å². The maximum atomic E-state index is 13.4. The van der Waals surface area contributed by atoms with Crippen molar-refractivity contribution in [2.75, 3.05) is 18.4 Å². The molecule has 0 radical (unpaired) electrons. The summed E-state index contributed by atoms with van der Waals surface area (Å²) in [5.74, 6) is 0.572. The fraction of sp³-hybridized carbons (Fsp3) is 0.269. The first-order valence-electron chi connectivity index (χ1n) is 11.9. The van der Waals surface area contributed by atoms with Crippen molar-refractivity contribution in [3.8, 4) is 5.82 Å². The van der Waals surface area contributed by atoms with Crippen molar-refractivity contribution in [1.82, 2.24) is 29.4 Å². The number of nitrogens with one attached hydrogen (secondary N) is 1. The van der Waals surface area contributed by atoms with Crippen LogP contribution >= 0.6 is 27.5 Å². The van der Waals surface area contributed by atoms with Gasteiger partial charge in [-0.15, -0.1) is 0 Å². The lowest BCUT2D eigenvalue weighted by Gasteiger charge is -2.32. The molecule has 4 heterocycles. The quantitative estimate of drug-likeness (QED) is 0.358. The number of halogens is 2. The molecule has 3 aromatic heterocycles. The number of anilines is 1. The lowest BCUT2D eigenvalue weighted by Crippen LogP contribution is -2.38. The average Bonchev–Trinajstić information content (AvgIpc) is 3.49. The van der Waals surface area contributed by atoms with Crippen LogP contribution in [0.4, 0.5) is 5.69 Å². The first kappa shape index (κ1) is 25.2. The molecule has 0 saturated carbocycles. The summed E-state index contributed by atoms with van der Waals surface area (Å²) in [6, 6.07) is 13.1. The summed E-state index contributed by atoms with van der Waals surface area (Å²) >= 11 is 9.68. The number of aryl methyl sites for hydroxylation is 1. The molecule has 11 heteroatoms. The van der Waals surface area contributed by atoms with Crippen molar-refractivity contribution in [3.05, 3.63) is 87.5 Å². The van der Waals surface area contributed by atoms with Crippen molar-refractivity contribution in [3.63, 3.8) is 0 Å². The normalized spacial score (nSPS) is 14.1. The summed E-state index contributed by atoms with van der Waals surface area (Å²) in [7, 11) is 1.83. The Morgan fingerprint density at radius 1 is 1.16 bits per heavy atom. The van der Waals surface area contributed by atoms with Gasteiger partial charge in [-0.25, -0.2) is 9.67 Å². The first-order chi connectivity index (χ1) is 17.9. The molecule has 37 heavy (non-hydrogen) atoms. The molecule has 0 aliphatic carbocycles. The summed E-state index contributed by atoms with van der Waals surface area (Å²) < 4.78 is 3.71. The van der Waals surface area contributed by atoms with Crippen molar-refractivity contribution in [1.29, 1.82) is 0 Å². The summed E-state index contributed by atoms with van der Waals surface area (Å²) in [6.07, 6.45) is 7.12. The highest BCUT2D eigenvalue weighted by molar-refractivity contribution is 9.10. The Kier molecular flexibility index (Phi) is 7.38. The van der Waals surface area contributed by atoms with Gasteiger partial charge in [-0.1, -0.05) is 23.7 Å². The van der Waals surface area contributed by atoms with E-state index in [1.165, 1.54) is 10.2 Å². The molecule has 0 spiro atoms. The molecule has 190 valence electrons. The third-order valence-electron chi connectivity index (χ3n) is 6.41. The second-order valence-electron chi connectivity index (χ2n) is 9.01. The Bertz CT molecular complexity index is 1420. The van der Waals surface area contributed by atoms with Gasteiger partial charge in [0.2, 0.25) is 5.91 Å². The number of carbonyl (C=O) groups is 2. The number of benzene rings is 1. The summed E-state index contributed by atoms with van der Waals surface area (Å²) in [4.78, 5) is 31.8. The number of rotatable bonds is 6. The Balaban J connectivity index is 1.19. The Hall–Kier alpha value is -3.50. The number of carbonyl (C=O) groups excluding carboxylic acids is 2. The Morgan fingerprint density at radius 3 is 2.59 bits per heavy atom. The smallest absolute Gasteiger partial charge is 0.272 e. The molecule has 1 aliphatic rings. The number of aromatic nitrogens is 5. The molecule has 1 saturated heterocycles. The van der Waals surface area contributed by atoms with Crippen LogP contribution in [0.25, 0.3) is 5.82 Å². The summed E-state index contributed by atoms with van der Waals surface area (Å²) in [6.45, 7) is 1.26. The molecule has 0 unspecified atom stereocenters. The number of hydrogen-bond acceptors (Lipinski definition) is 5. The molecular weight excluding hydrogens is 558 g/mol. The summed E-state index contributed by atoms with van der Waals surface area (Å²) in [5.41, 5.74) is 3.25. The minimum atomic E-state index is -0.106. The predicted molar refractivity (Wildman–Crippen MR) is 144 cm³/mol. The van der Waals surface area contributed by atoms with Crippen LogP contribution < -0.4 is 5.32 Å². The highest BCUT2D eigenvalue weighted by atomic mass is 79.9. The van der Waals surface area contributed by atoms with Crippen molar-refractivity contribution in [2.24, 2.45) is 7.05 Å². The van der Waals surface area contributed by atoms with Crippen LogP contribution in [0.5, 0.6) is 0 Å². The number of likely N-dealkylation sites (tertiary alicyclic amines) is 1. The largest absolute Gasteiger partial charge is 0.337 e. The maximum absolute atomic E-state index is 13.4. The molecule has 0 atom stereocenters. The zero-order chi connectivity index (χ0) is 25.9. The first-order valence-corrected chi connectivity index (χ1v) is 13.1. The molecule has 4 aromatic rings. The standard InChI is InChI=1S/C26H25BrClN7O2/c1-33-16-17(15-30-33)13-24(36)31-20-6-4-18(5-7-20)19-8-11-34(12-9-19)26(37)22-14-23(27)32-35(22)25-21(28)3-2-10-29-25/h2-7,10,14-16,19H,8-9,11-13H2,1H3,(H,31,36). The Labute approximate surface area is 227 Å². The fourth-order valence-electron chi connectivity index (χ4n) is 4.57. The van der Waals surface area contributed by atoms with E-state index in [1.54, 1.807) is 35.3 Å². The Morgan fingerprint density at radius 2 is 1.92 bits per heavy atom. The SMILES string of the molecule is Cn1cc(CC(=O)Nc2ccc(C3CCN(C(=O)c4cc(Br)nn4-c4ncccc4Cl)CC3)cc2)cn1. The molecular formula is C26H25BrClN7O2. The topological polar surface area (TPSA) is 97.9 Å². The van der Waals surface area contributed by atoms with E-state index in [-0.39, 0.29) is 18.2 Å². The molecule has 0 bridgehead atoms. The molecule has 5 rings (SSSR count). The van der Waals surface area contributed by atoms with Gasteiger partial charge in [0.05, 0.1) is 17.6 Å². The molecule has 1 N–H and O–H groups in total. The van der Waals surface area contributed by atoms with Gasteiger partial charge in [0, 0.05) is 44.3 Å². The van der Waals surface area contributed by atoms with E-state index in [2.05, 4.69) is 48.6 Å². The lowest BCUT2D eigenvalue weighted by atomic mass is 9.89. The number of amides is 2. The van der Waals surface area contributed by atoms with Gasteiger partial charge in [0.15, 0.2) is 5.82 Å². The van der Waals surface area contributed by atoms with E-state index in [4.69, 9.17) is 11.6 Å². The number of nitrogens with zero attached hydrogens (tertiary/aromatic N) is 6.